The molecule has 6 heteroatoms. The van der Waals surface area contributed by atoms with Crippen LogP contribution in [0.4, 0.5) is 0 Å². The molecule has 0 aliphatic heterocycles. The summed E-state index contributed by atoms with van der Waals surface area (Å²) in [5.74, 6) is -0.0100. The highest BCUT2D eigenvalue weighted by molar-refractivity contribution is 5.94. The van der Waals surface area contributed by atoms with Gasteiger partial charge in [-0.05, 0) is 56.2 Å². The van der Waals surface area contributed by atoms with Crippen molar-refractivity contribution < 1.29 is 9.53 Å². The summed E-state index contributed by atoms with van der Waals surface area (Å²) in [6.07, 6.45) is 3.34. The third-order valence-corrected chi connectivity index (χ3v) is 4.74. The molecule has 1 aromatic heterocycles. The zero-order valence-electron chi connectivity index (χ0n) is 16.7. The predicted octanol–water partition coefficient (Wildman–Crippen LogP) is 4.03. The lowest BCUT2D eigenvalue weighted by atomic mass is 10.1. The molecule has 6 nitrogen and oxygen atoms in total. The highest BCUT2D eigenvalue weighted by atomic mass is 16.5. The molecule has 28 heavy (non-hydrogen) atoms. The maximum absolute atomic E-state index is 12.9. The second-order valence-electron chi connectivity index (χ2n) is 7.08. The minimum atomic E-state index is -0.0544. The van der Waals surface area contributed by atoms with Crippen molar-refractivity contribution in [3.63, 3.8) is 0 Å². The first-order valence-corrected chi connectivity index (χ1v) is 9.38. The number of rotatable bonds is 7. The number of hydrogen-bond donors (Lipinski definition) is 0. The summed E-state index contributed by atoms with van der Waals surface area (Å²) in [5.41, 5.74) is 3.72. The lowest BCUT2D eigenvalue weighted by Crippen LogP contribution is -2.29. The molecular weight excluding hydrogens is 352 g/mol. The molecule has 0 unspecified atom stereocenters. The van der Waals surface area contributed by atoms with E-state index in [1.54, 1.807) is 15.9 Å². The van der Waals surface area contributed by atoms with Gasteiger partial charge < -0.3 is 9.64 Å². The molecule has 1 heterocycles. The lowest BCUT2D eigenvalue weighted by Gasteiger charge is -2.25. The van der Waals surface area contributed by atoms with Crippen molar-refractivity contribution in [2.75, 3.05) is 7.05 Å². The molecule has 1 atom stereocenters. The van der Waals surface area contributed by atoms with E-state index < -0.39 is 0 Å². The molecule has 0 radical (unpaired) electrons. The Kier molecular flexibility index (Phi) is 6.21. The summed E-state index contributed by atoms with van der Waals surface area (Å²) < 4.78 is 7.30. The number of benzene rings is 2. The highest BCUT2D eigenvalue weighted by Crippen LogP contribution is 2.22. The van der Waals surface area contributed by atoms with E-state index in [0.717, 1.165) is 16.8 Å². The molecule has 0 spiro atoms. The summed E-state index contributed by atoms with van der Waals surface area (Å²) in [4.78, 5) is 18.6. The van der Waals surface area contributed by atoms with Crippen LogP contribution in [-0.4, -0.2) is 38.7 Å². The van der Waals surface area contributed by atoms with Gasteiger partial charge in [0.05, 0.1) is 24.4 Å². The van der Waals surface area contributed by atoms with Gasteiger partial charge in [0.25, 0.3) is 5.91 Å². The van der Waals surface area contributed by atoms with Crippen LogP contribution in [0.3, 0.4) is 0 Å². The smallest absolute Gasteiger partial charge is 0.254 e. The third kappa shape index (κ3) is 4.64. The quantitative estimate of drug-likeness (QED) is 0.623. The van der Waals surface area contributed by atoms with Gasteiger partial charge >= 0.3 is 0 Å². The average Bonchev–Trinajstić information content (AvgIpc) is 3.26. The second-order valence-corrected chi connectivity index (χ2v) is 7.08. The summed E-state index contributed by atoms with van der Waals surface area (Å²) in [7, 11) is 1.83. The van der Waals surface area contributed by atoms with Crippen molar-refractivity contribution in [1.82, 2.24) is 19.7 Å². The molecule has 0 saturated heterocycles. The summed E-state index contributed by atoms with van der Waals surface area (Å²) in [6, 6.07) is 15.5. The van der Waals surface area contributed by atoms with Gasteiger partial charge in [-0.2, -0.15) is 5.10 Å². The van der Waals surface area contributed by atoms with Crippen LogP contribution in [0.15, 0.2) is 61.2 Å². The first-order valence-electron chi connectivity index (χ1n) is 9.38. The van der Waals surface area contributed by atoms with Gasteiger partial charge in [0.2, 0.25) is 0 Å². The molecule has 1 amide bonds. The standard InChI is InChI=1S/C22H26N4O2/c1-16(2)28-13-18-5-7-20(8-6-18)22(27)25(4)17(3)19-9-11-21(12-10-19)26-15-23-14-24-26/h5-12,14-17H,13H2,1-4H3/t17-/m0/s1. The first kappa shape index (κ1) is 19.8. The average molecular weight is 378 g/mol. The number of hydrogen-bond acceptors (Lipinski definition) is 4. The number of amides is 1. The van der Waals surface area contributed by atoms with Crippen LogP contribution < -0.4 is 0 Å². The summed E-state index contributed by atoms with van der Waals surface area (Å²) in [6.45, 7) is 6.59. The minimum absolute atomic E-state index is 0.0100. The van der Waals surface area contributed by atoms with Crippen molar-refractivity contribution in [1.29, 1.82) is 0 Å². The SMILES string of the molecule is CC(C)OCc1ccc(C(=O)N(C)[C@@H](C)c2ccc(-n3cncn3)cc2)cc1. The third-order valence-electron chi connectivity index (χ3n) is 4.74. The largest absolute Gasteiger partial charge is 0.374 e. The Labute approximate surface area is 165 Å². The molecule has 3 aromatic rings. The molecule has 3 rings (SSSR count). The van der Waals surface area contributed by atoms with Crippen LogP contribution in [0.25, 0.3) is 5.69 Å². The molecule has 2 aromatic carbocycles. The normalized spacial score (nSPS) is 12.2. The van der Waals surface area contributed by atoms with Crippen LogP contribution in [0.1, 0.15) is 48.3 Å². The zero-order chi connectivity index (χ0) is 20.1. The Morgan fingerprint density at radius 3 is 2.32 bits per heavy atom. The Bertz CT molecular complexity index is 887. The molecule has 0 aliphatic rings. The van der Waals surface area contributed by atoms with Crippen LogP contribution in [0.5, 0.6) is 0 Å². The van der Waals surface area contributed by atoms with Crippen molar-refractivity contribution in [2.45, 2.75) is 39.5 Å². The molecule has 0 bridgehead atoms. The summed E-state index contributed by atoms with van der Waals surface area (Å²) >= 11 is 0. The van der Waals surface area contributed by atoms with E-state index in [1.807, 2.05) is 76.3 Å². The van der Waals surface area contributed by atoms with E-state index in [2.05, 4.69) is 10.1 Å². The van der Waals surface area contributed by atoms with Gasteiger partial charge in [-0.3, -0.25) is 4.79 Å². The topological polar surface area (TPSA) is 60.2 Å². The van der Waals surface area contributed by atoms with Crippen molar-refractivity contribution in [2.24, 2.45) is 0 Å². The van der Waals surface area contributed by atoms with Gasteiger partial charge in [-0.25, -0.2) is 9.67 Å². The summed E-state index contributed by atoms with van der Waals surface area (Å²) in [5, 5.41) is 4.13. The number of ether oxygens (including phenoxy) is 1. The van der Waals surface area contributed by atoms with Gasteiger partial charge in [-0.15, -0.1) is 0 Å². The Balaban J connectivity index is 1.66. The molecule has 0 aliphatic carbocycles. The van der Waals surface area contributed by atoms with Crippen molar-refractivity contribution in [3.8, 4) is 5.69 Å². The highest BCUT2D eigenvalue weighted by Gasteiger charge is 2.19. The second kappa shape index (κ2) is 8.80. The van der Waals surface area contributed by atoms with Crippen LogP contribution >= 0.6 is 0 Å². The fourth-order valence-electron chi connectivity index (χ4n) is 2.86. The van der Waals surface area contributed by atoms with E-state index in [4.69, 9.17) is 4.74 Å². The van der Waals surface area contributed by atoms with Crippen LogP contribution in [0.2, 0.25) is 0 Å². The molecule has 0 saturated carbocycles. The lowest BCUT2D eigenvalue weighted by molar-refractivity contribution is 0.0655. The Morgan fingerprint density at radius 2 is 1.75 bits per heavy atom. The zero-order valence-corrected chi connectivity index (χ0v) is 16.7. The Hall–Kier alpha value is -2.99. The predicted molar refractivity (Wildman–Crippen MR) is 108 cm³/mol. The van der Waals surface area contributed by atoms with E-state index in [0.29, 0.717) is 12.2 Å². The number of aromatic nitrogens is 3. The maximum Gasteiger partial charge on any atom is 0.254 e. The van der Waals surface area contributed by atoms with Gasteiger partial charge in [-0.1, -0.05) is 24.3 Å². The number of carbonyl (C=O) groups is 1. The molecule has 0 fully saturated rings. The van der Waals surface area contributed by atoms with Crippen molar-refractivity contribution >= 4 is 5.91 Å². The van der Waals surface area contributed by atoms with Crippen molar-refractivity contribution in [3.05, 3.63) is 77.9 Å². The van der Waals surface area contributed by atoms with Crippen LogP contribution in [0, 0.1) is 0 Å². The Morgan fingerprint density at radius 1 is 1.07 bits per heavy atom. The van der Waals surface area contributed by atoms with E-state index in [-0.39, 0.29) is 18.1 Å². The van der Waals surface area contributed by atoms with E-state index in [9.17, 15) is 4.79 Å². The van der Waals surface area contributed by atoms with Gasteiger partial charge in [0.1, 0.15) is 12.7 Å². The fourth-order valence-corrected chi connectivity index (χ4v) is 2.86. The van der Waals surface area contributed by atoms with Gasteiger partial charge in [0.15, 0.2) is 0 Å². The number of carbonyl (C=O) groups excluding carboxylic acids is 1. The first-order chi connectivity index (χ1) is 13.5. The van der Waals surface area contributed by atoms with E-state index >= 15 is 0 Å². The maximum atomic E-state index is 12.9. The molecule has 146 valence electrons. The van der Waals surface area contributed by atoms with E-state index in [1.165, 1.54) is 6.33 Å². The monoisotopic (exact) mass is 378 g/mol. The van der Waals surface area contributed by atoms with Gasteiger partial charge in [0, 0.05) is 12.6 Å². The molecular formula is C22H26N4O2. The minimum Gasteiger partial charge on any atom is -0.374 e. The molecule has 0 N–H and O–H groups in total. The fraction of sp³-hybridized carbons (Fsp3) is 0.318. The van der Waals surface area contributed by atoms with Crippen LogP contribution in [-0.2, 0) is 11.3 Å². The number of nitrogens with zero attached hydrogens (tertiary/aromatic N) is 4.